The molecule has 3 aromatic rings. The molecule has 1 saturated heterocycles. The van der Waals surface area contributed by atoms with E-state index in [-0.39, 0.29) is 17.6 Å². The molecule has 0 radical (unpaired) electrons. The van der Waals surface area contributed by atoms with Crippen LogP contribution in [0.2, 0.25) is 0 Å². The van der Waals surface area contributed by atoms with Gasteiger partial charge >= 0.3 is 0 Å². The van der Waals surface area contributed by atoms with E-state index in [2.05, 4.69) is 6.07 Å². The third-order valence-electron chi connectivity index (χ3n) is 5.41. The molecule has 1 heterocycles. The summed E-state index contributed by atoms with van der Waals surface area (Å²) in [5.74, 6) is -0.312. The fourth-order valence-corrected chi connectivity index (χ4v) is 3.97. The van der Waals surface area contributed by atoms with Crippen LogP contribution in [0.5, 0.6) is 0 Å². The van der Waals surface area contributed by atoms with Crippen LogP contribution in [0.1, 0.15) is 39.1 Å². The molecule has 3 aromatic carbocycles. The zero-order valence-electron chi connectivity index (χ0n) is 15.5. The van der Waals surface area contributed by atoms with Gasteiger partial charge in [-0.25, -0.2) is 0 Å². The zero-order valence-corrected chi connectivity index (χ0v) is 15.5. The predicted octanol–water partition coefficient (Wildman–Crippen LogP) is 4.45. The first kappa shape index (κ1) is 17.9. The molecule has 0 saturated carbocycles. The maximum absolute atomic E-state index is 13.3. The van der Waals surface area contributed by atoms with Gasteiger partial charge in [0, 0.05) is 24.6 Å². The molecule has 1 fully saturated rings. The maximum atomic E-state index is 13.3. The molecule has 0 aromatic heterocycles. The Balaban J connectivity index is 1.59. The van der Waals surface area contributed by atoms with E-state index >= 15 is 0 Å². The molecule has 4 heteroatoms. The molecule has 0 bridgehead atoms. The number of hydrogen-bond acceptors (Lipinski definition) is 3. The van der Waals surface area contributed by atoms with Gasteiger partial charge < -0.3 is 4.90 Å². The maximum Gasteiger partial charge on any atom is 0.255 e. The SMILES string of the molecule is N#Cc1ccccc1C(=O)N1CCC[C@H](C(=O)c2cccc3ccccc23)C1. The summed E-state index contributed by atoms with van der Waals surface area (Å²) >= 11 is 0. The predicted molar refractivity (Wildman–Crippen MR) is 108 cm³/mol. The Morgan fingerprint density at radius 2 is 1.64 bits per heavy atom. The number of rotatable bonds is 3. The average Bonchev–Trinajstić information content (AvgIpc) is 2.77. The standard InChI is InChI=1S/C24H20N2O2/c25-15-18-8-2-4-12-21(18)24(28)26-14-6-10-19(16-26)23(27)22-13-5-9-17-7-1-3-11-20(17)22/h1-5,7-9,11-13,19H,6,10,14,16H2/t19-/m0/s1. The van der Waals surface area contributed by atoms with Gasteiger partial charge in [-0.3, -0.25) is 9.59 Å². The molecule has 0 unspecified atom stereocenters. The lowest BCUT2D eigenvalue weighted by Gasteiger charge is -2.32. The van der Waals surface area contributed by atoms with E-state index in [0.717, 1.165) is 29.2 Å². The van der Waals surface area contributed by atoms with Crippen molar-refractivity contribution in [2.75, 3.05) is 13.1 Å². The molecule has 4 nitrogen and oxygen atoms in total. The van der Waals surface area contributed by atoms with Gasteiger partial charge in [-0.1, -0.05) is 54.6 Å². The molecule has 138 valence electrons. The van der Waals surface area contributed by atoms with Crippen LogP contribution >= 0.6 is 0 Å². The number of fused-ring (bicyclic) bond motifs is 1. The Morgan fingerprint density at radius 1 is 0.929 bits per heavy atom. The van der Waals surface area contributed by atoms with E-state index in [1.807, 2.05) is 42.5 Å². The topological polar surface area (TPSA) is 61.2 Å². The van der Waals surface area contributed by atoms with Gasteiger partial charge in [-0.05, 0) is 35.7 Å². The number of piperidine rings is 1. The lowest BCUT2D eigenvalue weighted by atomic mass is 9.87. The van der Waals surface area contributed by atoms with E-state index in [4.69, 9.17) is 0 Å². The first-order chi connectivity index (χ1) is 13.7. The van der Waals surface area contributed by atoms with Crippen molar-refractivity contribution in [1.29, 1.82) is 5.26 Å². The summed E-state index contributed by atoms with van der Waals surface area (Å²) in [6.07, 6.45) is 1.55. The zero-order chi connectivity index (χ0) is 19.5. The van der Waals surface area contributed by atoms with Crippen molar-refractivity contribution in [3.8, 4) is 6.07 Å². The van der Waals surface area contributed by atoms with Gasteiger partial charge in [0.1, 0.15) is 0 Å². The number of amides is 1. The monoisotopic (exact) mass is 368 g/mol. The minimum Gasteiger partial charge on any atom is -0.338 e. The van der Waals surface area contributed by atoms with Crippen LogP contribution in [0, 0.1) is 17.2 Å². The summed E-state index contributed by atoms with van der Waals surface area (Å²) in [5.41, 5.74) is 1.49. The number of carbonyl (C=O) groups excluding carboxylic acids is 2. The second-order valence-electron chi connectivity index (χ2n) is 7.14. The average molecular weight is 368 g/mol. The number of ketones is 1. The molecule has 4 rings (SSSR count). The highest BCUT2D eigenvalue weighted by Gasteiger charge is 2.30. The number of benzene rings is 3. The fourth-order valence-electron chi connectivity index (χ4n) is 3.97. The summed E-state index contributed by atoms with van der Waals surface area (Å²) in [7, 11) is 0. The van der Waals surface area contributed by atoms with Crippen molar-refractivity contribution in [2.24, 2.45) is 5.92 Å². The molecule has 1 atom stereocenters. The number of hydrogen-bond donors (Lipinski definition) is 0. The van der Waals surface area contributed by atoms with E-state index in [9.17, 15) is 14.9 Å². The number of Topliss-reactive ketones (excluding diaryl/α,β-unsaturated/α-hetero) is 1. The molecular weight excluding hydrogens is 348 g/mol. The Bertz CT molecular complexity index is 1090. The van der Waals surface area contributed by atoms with Gasteiger partial charge in [0.2, 0.25) is 0 Å². The van der Waals surface area contributed by atoms with Crippen LogP contribution in [-0.4, -0.2) is 29.7 Å². The quantitative estimate of drug-likeness (QED) is 0.642. The number of nitrogens with zero attached hydrogens (tertiary/aromatic N) is 2. The van der Waals surface area contributed by atoms with Crippen LogP contribution in [-0.2, 0) is 0 Å². The number of nitriles is 1. The van der Waals surface area contributed by atoms with E-state index in [0.29, 0.717) is 24.2 Å². The van der Waals surface area contributed by atoms with Gasteiger partial charge in [-0.2, -0.15) is 5.26 Å². The highest BCUT2D eigenvalue weighted by Crippen LogP contribution is 2.27. The van der Waals surface area contributed by atoms with Crippen LogP contribution < -0.4 is 0 Å². The van der Waals surface area contributed by atoms with Crippen LogP contribution in [0.25, 0.3) is 10.8 Å². The minimum absolute atomic E-state index is 0.0860. The molecule has 0 N–H and O–H groups in total. The lowest BCUT2D eigenvalue weighted by molar-refractivity contribution is 0.0637. The van der Waals surface area contributed by atoms with E-state index in [1.54, 1.807) is 29.2 Å². The summed E-state index contributed by atoms with van der Waals surface area (Å²) in [6.45, 7) is 0.999. The van der Waals surface area contributed by atoms with Crippen molar-refractivity contribution in [3.05, 3.63) is 83.4 Å². The Kier molecular flexibility index (Phi) is 4.90. The molecule has 1 amide bonds. The summed E-state index contributed by atoms with van der Waals surface area (Å²) in [4.78, 5) is 27.9. The van der Waals surface area contributed by atoms with Crippen LogP contribution in [0.3, 0.4) is 0 Å². The summed E-state index contributed by atoms with van der Waals surface area (Å²) in [6, 6.07) is 22.6. The second-order valence-corrected chi connectivity index (χ2v) is 7.14. The molecule has 0 aliphatic carbocycles. The first-order valence-corrected chi connectivity index (χ1v) is 9.49. The third-order valence-corrected chi connectivity index (χ3v) is 5.41. The van der Waals surface area contributed by atoms with Crippen LogP contribution in [0.4, 0.5) is 0 Å². The van der Waals surface area contributed by atoms with Crippen molar-refractivity contribution >= 4 is 22.5 Å². The Labute approximate surface area is 164 Å². The second kappa shape index (κ2) is 7.66. The lowest BCUT2D eigenvalue weighted by Crippen LogP contribution is -2.42. The van der Waals surface area contributed by atoms with Crippen molar-refractivity contribution < 1.29 is 9.59 Å². The molecule has 1 aliphatic heterocycles. The summed E-state index contributed by atoms with van der Waals surface area (Å²) in [5, 5.41) is 11.3. The number of carbonyl (C=O) groups is 2. The van der Waals surface area contributed by atoms with Gasteiger partial charge in [0.05, 0.1) is 17.2 Å². The third kappa shape index (κ3) is 3.27. The van der Waals surface area contributed by atoms with Crippen molar-refractivity contribution in [3.63, 3.8) is 0 Å². The van der Waals surface area contributed by atoms with Gasteiger partial charge in [0.15, 0.2) is 5.78 Å². The normalized spacial score (nSPS) is 16.5. The molecule has 28 heavy (non-hydrogen) atoms. The van der Waals surface area contributed by atoms with Crippen LogP contribution in [0.15, 0.2) is 66.7 Å². The molecule has 1 aliphatic rings. The highest BCUT2D eigenvalue weighted by atomic mass is 16.2. The Hall–Kier alpha value is -3.45. The fraction of sp³-hybridized carbons (Fsp3) is 0.208. The van der Waals surface area contributed by atoms with E-state index < -0.39 is 0 Å². The largest absolute Gasteiger partial charge is 0.338 e. The first-order valence-electron chi connectivity index (χ1n) is 9.49. The van der Waals surface area contributed by atoms with Crippen molar-refractivity contribution in [2.45, 2.75) is 12.8 Å². The molecular formula is C24H20N2O2. The summed E-state index contributed by atoms with van der Waals surface area (Å²) < 4.78 is 0. The smallest absolute Gasteiger partial charge is 0.255 e. The number of likely N-dealkylation sites (tertiary alicyclic amines) is 1. The van der Waals surface area contributed by atoms with E-state index in [1.165, 1.54) is 0 Å². The van der Waals surface area contributed by atoms with Crippen molar-refractivity contribution in [1.82, 2.24) is 4.90 Å². The molecule has 0 spiro atoms. The van der Waals surface area contributed by atoms with Gasteiger partial charge in [0.25, 0.3) is 5.91 Å². The Morgan fingerprint density at radius 3 is 2.50 bits per heavy atom. The minimum atomic E-state index is -0.224. The highest BCUT2D eigenvalue weighted by molar-refractivity contribution is 6.09. The van der Waals surface area contributed by atoms with Gasteiger partial charge in [-0.15, -0.1) is 0 Å².